The van der Waals surface area contributed by atoms with E-state index in [1.165, 1.54) is 12.1 Å². The number of ether oxygens (including phenoxy) is 1. The maximum absolute atomic E-state index is 13.1. The molecule has 6 nitrogen and oxygen atoms in total. The van der Waals surface area contributed by atoms with Gasteiger partial charge in [-0.1, -0.05) is 0 Å². The van der Waals surface area contributed by atoms with E-state index in [9.17, 15) is 9.18 Å². The minimum Gasteiger partial charge on any atom is -0.485 e. The van der Waals surface area contributed by atoms with Crippen molar-refractivity contribution >= 4 is 5.91 Å². The van der Waals surface area contributed by atoms with Crippen LogP contribution in [0.4, 0.5) is 4.39 Å². The molecule has 4 rings (SSSR count). The minimum absolute atomic E-state index is 0.0343. The molecule has 1 aliphatic heterocycles. The molecule has 0 aliphatic carbocycles. The molecule has 3 heterocycles. The summed E-state index contributed by atoms with van der Waals surface area (Å²) >= 11 is 0. The number of aryl methyl sites for hydroxylation is 1. The molecule has 0 bridgehead atoms. The summed E-state index contributed by atoms with van der Waals surface area (Å²) in [7, 11) is 1.73. The molecule has 26 heavy (non-hydrogen) atoms. The Bertz CT molecular complexity index is 918. The molecular weight excluding hydrogens is 335 g/mol. The second-order valence-electron chi connectivity index (χ2n) is 6.18. The number of halogens is 1. The first-order chi connectivity index (χ1) is 12.6. The second kappa shape index (κ2) is 6.59. The molecule has 0 spiro atoms. The highest BCUT2D eigenvalue weighted by Gasteiger charge is 2.34. The van der Waals surface area contributed by atoms with Crippen LogP contribution in [0.1, 0.15) is 10.5 Å². The molecule has 2 aromatic heterocycles. The smallest absolute Gasteiger partial charge is 0.272 e. The quantitative estimate of drug-likeness (QED) is 0.724. The number of nitrogens with zero attached hydrogens (tertiary/aromatic N) is 4. The summed E-state index contributed by atoms with van der Waals surface area (Å²) in [5.41, 5.74) is 1.89. The molecule has 0 saturated carbocycles. The Labute approximate surface area is 149 Å². The first-order valence-electron chi connectivity index (χ1n) is 8.26. The maximum Gasteiger partial charge on any atom is 0.272 e. The van der Waals surface area contributed by atoms with Crippen LogP contribution in [0.15, 0.2) is 54.9 Å². The van der Waals surface area contributed by atoms with Crippen molar-refractivity contribution in [1.29, 1.82) is 0 Å². The van der Waals surface area contributed by atoms with Crippen molar-refractivity contribution in [1.82, 2.24) is 19.7 Å². The number of carbonyl (C=O) groups excluding carboxylic acids is 1. The van der Waals surface area contributed by atoms with Crippen LogP contribution in [0.25, 0.3) is 11.3 Å². The van der Waals surface area contributed by atoms with Crippen molar-refractivity contribution < 1.29 is 13.9 Å². The van der Waals surface area contributed by atoms with E-state index in [1.54, 1.807) is 47.2 Å². The normalized spacial score (nSPS) is 14.2. The summed E-state index contributed by atoms with van der Waals surface area (Å²) in [6.45, 7) is 1.04. The Kier molecular flexibility index (Phi) is 4.12. The van der Waals surface area contributed by atoms with E-state index < -0.39 is 0 Å². The van der Waals surface area contributed by atoms with Crippen molar-refractivity contribution in [2.45, 2.75) is 6.10 Å². The van der Waals surface area contributed by atoms with Crippen LogP contribution in [0.3, 0.4) is 0 Å². The Morgan fingerprint density at radius 3 is 2.69 bits per heavy atom. The van der Waals surface area contributed by atoms with Gasteiger partial charge < -0.3 is 9.64 Å². The van der Waals surface area contributed by atoms with Crippen LogP contribution in [0.2, 0.25) is 0 Å². The highest BCUT2D eigenvalue weighted by atomic mass is 19.1. The van der Waals surface area contributed by atoms with Crippen LogP contribution >= 0.6 is 0 Å². The Morgan fingerprint density at radius 1 is 1.23 bits per heavy atom. The lowest BCUT2D eigenvalue weighted by molar-refractivity contribution is 0.0168. The molecular formula is C19H17FN4O2. The summed E-state index contributed by atoms with van der Waals surface area (Å²) in [4.78, 5) is 18.4. The van der Waals surface area contributed by atoms with Crippen molar-refractivity contribution in [2.75, 3.05) is 13.1 Å². The molecule has 0 radical (unpaired) electrons. The molecule has 0 unspecified atom stereocenters. The summed E-state index contributed by atoms with van der Waals surface area (Å²) in [5.74, 6) is 0.296. The fraction of sp³-hybridized carbons (Fsp3) is 0.211. The van der Waals surface area contributed by atoms with Crippen molar-refractivity contribution in [3.63, 3.8) is 0 Å². The molecule has 0 N–H and O–H groups in total. The first kappa shape index (κ1) is 16.3. The lowest BCUT2D eigenvalue weighted by atomic mass is 10.1. The van der Waals surface area contributed by atoms with Crippen LogP contribution in [0.5, 0.6) is 5.75 Å². The van der Waals surface area contributed by atoms with E-state index in [2.05, 4.69) is 10.1 Å². The van der Waals surface area contributed by atoms with E-state index in [-0.39, 0.29) is 17.8 Å². The predicted molar refractivity (Wildman–Crippen MR) is 93.2 cm³/mol. The zero-order valence-electron chi connectivity index (χ0n) is 14.2. The fourth-order valence-electron chi connectivity index (χ4n) is 2.88. The van der Waals surface area contributed by atoms with Crippen LogP contribution < -0.4 is 4.74 Å². The highest BCUT2D eigenvalue weighted by molar-refractivity contribution is 5.94. The lowest BCUT2D eigenvalue weighted by Crippen LogP contribution is -2.56. The van der Waals surface area contributed by atoms with E-state index in [1.807, 2.05) is 12.1 Å². The van der Waals surface area contributed by atoms with Gasteiger partial charge in [0.25, 0.3) is 5.91 Å². The van der Waals surface area contributed by atoms with Gasteiger partial charge in [0.1, 0.15) is 23.4 Å². The Balaban J connectivity index is 1.42. The minimum atomic E-state index is -0.304. The average Bonchev–Trinajstić information content (AvgIpc) is 3.00. The third-order valence-corrected chi connectivity index (χ3v) is 4.31. The summed E-state index contributed by atoms with van der Waals surface area (Å²) in [5, 5.41) is 4.37. The molecule has 0 atom stereocenters. The monoisotopic (exact) mass is 352 g/mol. The second-order valence-corrected chi connectivity index (χ2v) is 6.18. The van der Waals surface area contributed by atoms with Crippen LogP contribution in [0, 0.1) is 5.82 Å². The molecule has 3 aromatic rings. The largest absolute Gasteiger partial charge is 0.485 e. The number of likely N-dealkylation sites (tertiary alicyclic amines) is 1. The summed E-state index contributed by atoms with van der Waals surface area (Å²) in [6, 6.07) is 11.4. The molecule has 1 aromatic carbocycles. The predicted octanol–water partition coefficient (Wildman–Crippen LogP) is 2.52. The van der Waals surface area contributed by atoms with Gasteiger partial charge in [-0.2, -0.15) is 5.10 Å². The maximum atomic E-state index is 13.1. The van der Waals surface area contributed by atoms with E-state index in [0.29, 0.717) is 30.2 Å². The van der Waals surface area contributed by atoms with Gasteiger partial charge >= 0.3 is 0 Å². The molecule has 7 heteroatoms. The Morgan fingerprint density at radius 2 is 2.00 bits per heavy atom. The molecule has 1 fully saturated rings. The van der Waals surface area contributed by atoms with Crippen molar-refractivity contribution in [2.24, 2.45) is 7.05 Å². The number of hydrogen-bond acceptors (Lipinski definition) is 4. The molecule has 132 valence electrons. The Hall–Kier alpha value is -3.22. The zero-order chi connectivity index (χ0) is 18.1. The topological polar surface area (TPSA) is 60.2 Å². The van der Waals surface area contributed by atoms with E-state index >= 15 is 0 Å². The molecule has 1 saturated heterocycles. The number of benzene rings is 1. The van der Waals surface area contributed by atoms with Gasteiger partial charge in [0.2, 0.25) is 0 Å². The number of pyridine rings is 1. The average molecular weight is 352 g/mol. The third-order valence-electron chi connectivity index (χ3n) is 4.31. The molecule has 1 aliphatic rings. The lowest BCUT2D eigenvalue weighted by Gasteiger charge is -2.38. The van der Waals surface area contributed by atoms with Gasteiger partial charge in [0, 0.05) is 18.8 Å². The fourth-order valence-corrected chi connectivity index (χ4v) is 2.88. The van der Waals surface area contributed by atoms with Gasteiger partial charge in [0.15, 0.2) is 0 Å². The number of aromatic nitrogens is 3. The SMILES string of the molecule is Cn1nc(-c2ccc(F)cc2)cc1C(=O)N1CC(Oc2cccnc2)C1. The number of rotatable bonds is 4. The number of hydrogen-bond donors (Lipinski definition) is 0. The van der Waals surface area contributed by atoms with Gasteiger partial charge in [-0.15, -0.1) is 0 Å². The van der Waals surface area contributed by atoms with E-state index in [0.717, 1.165) is 5.56 Å². The number of carbonyl (C=O) groups is 1. The van der Waals surface area contributed by atoms with Gasteiger partial charge in [-0.3, -0.25) is 14.5 Å². The van der Waals surface area contributed by atoms with Gasteiger partial charge in [-0.05, 0) is 42.5 Å². The number of amides is 1. The highest BCUT2D eigenvalue weighted by Crippen LogP contribution is 2.23. The third kappa shape index (κ3) is 3.15. The summed E-state index contributed by atoms with van der Waals surface area (Å²) < 4.78 is 20.4. The van der Waals surface area contributed by atoms with Crippen LogP contribution in [-0.2, 0) is 7.05 Å². The van der Waals surface area contributed by atoms with Crippen molar-refractivity contribution in [3.05, 3.63) is 66.4 Å². The summed E-state index contributed by atoms with van der Waals surface area (Å²) in [6.07, 6.45) is 3.30. The van der Waals surface area contributed by atoms with E-state index in [4.69, 9.17) is 4.74 Å². The van der Waals surface area contributed by atoms with Gasteiger partial charge in [0.05, 0.1) is 25.0 Å². The molecule has 1 amide bonds. The van der Waals surface area contributed by atoms with Gasteiger partial charge in [-0.25, -0.2) is 4.39 Å². The van der Waals surface area contributed by atoms with Crippen LogP contribution in [-0.4, -0.2) is 44.8 Å². The zero-order valence-corrected chi connectivity index (χ0v) is 14.2. The van der Waals surface area contributed by atoms with Crippen molar-refractivity contribution in [3.8, 4) is 17.0 Å². The first-order valence-corrected chi connectivity index (χ1v) is 8.26. The standard InChI is InChI=1S/C19H17FN4O2/c1-23-18(9-17(22-23)13-4-6-14(20)7-5-13)19(25)24-11-16(12-24)26-15-3-2-8-21-10-15/h2-10,16H,11-12H2,1H3.